The lowest BCUT2D eigenvalue weighted by atomic mass is 10.1. The first kappa shape index (κ1) is 22.2. The lowest BCUT2D eigenvalue weighted by Crippen LogP contribution is -2.45. The first-order chi connectivity index (χ1) is 13.9. The highest BCUT2D eigenvalue weighted by atomic mass is 35.5. The second-order valence-corrected chi connectivity index (χ2v) is 10.6. The number of aldehydes is 1. The van der Waals surface area contributed by atoms with Crippen molar-refractivity contribution in [2.24, 2.45) is 0 Å². The molecule has 0 aliphatic heterocycles. The van der Waals surface area contributed by atoms with Gasteiger partial charge in [0.15, 0.2) is 9.84 Å². The number of rotatable bonds is 5. The molecule has 160 valence electrons. The predicted molar refractivity (Wildman–Crippen MR) is 110 cm³/mol. The molecule has 0 bridgehead atoms. The van der Waals surface area contributed by atoms with Crippen LogP contribution in [0, 0.1) is 5.82 Å². The minimum atomic E-state index is -4.05. The van der Waals surface area contributed by atoms with E-state index in [-0.39, 0.29) is 4.90 Å². The van der Waals surface area contributed by atoms with E-state index in [9.17, 15) is 22.4 Å². The molecule has 0 heterocycles. The zero-order valence-electron chi connectivity index (χ0n) is 16.6. The van der Waals surface area contributed by atoms with E-state index in [1.807, 2.05) is 0 Å². The van der Waals surface area contributed by atoms with Gasteiger partial charge in [0.2, 0.25) is 0 Å². The number of hydrogen-bond donors (Lipinski definition) is 1. The number of alkyl carbamates (subject to hydrolysis) is 1. The van der Waals surface area contributed by atoms with Crippen molar-refractivity contribution in [2.45, 2.75) is 48.0 Å². The standard InChI is InChI=1S/C21H21ClFNO5S/c1-20(2,3)29-19(26)24-21(12-25)17(13-4-8-15(23)9-5-13)18(21)30(27,28)16-10-6-14(22)7-11-16/h4-12,17-18H,1-3H3,(H,24,26)/t17-,18-,21-/m1/s1. The van der Waals surface area contributed by atoms with Crippen LogP contribution in [-0.4, -0.2) is 37.2 Å². The molecule has 1 aliphatic carbocycles. The lowest BCUT2D eigenvalue weighted by molar-refractivity contribution is -0.110. The fourth-order valence-electron chi connectivity index (χ4n) is 3.50. The van der Waals surface area contributed by atoms with Crippen LogP contribution in [0.25, 0.3) is 0 Å². The number of halogens is 2. The maximum atomic E-state index is 13.4. The Bertz CT molecular complexity index is 1060. The van der Waals surface area contributed by atoms with Gasteiger partial charge < -0.3 is 14.8 Å². The van der Waals surface area contributed by atoms with Gasteiger partial charge in [-0.05, 0) is 62.7 Å². The summed E-state index contributed by atoms with van der Waals surface area (Å²) in [6.45, 7) is 4.94. The molecule has 0 unspecified atom stereocenters. The van der Waals surface area contributed by atoms with E-state index in [0.717, 1.165) is 0 Å². The van der Waals surface area contributed by atoms with Crippen molar-refractivity contribution in [3.63, 3.8) is 0 Å². The van der Waals surface area contributed by atoms with E-state index in [4.69, 9.17) is 16.3 Å². The van der Waals surface area contributed by atoms with Crippen LogP contribution in [0.1, 0.15) is 32.3 Å². The van der Waals surface area contributed by atoms with Crippen LogP contribution < -0.4 is 5.32 Å². The van der Waals surface area contributed by atoms with Gasteiger partial charge >= 0.3 is 6.09 Å². The van der Waals surface area contributed by atoms with Gasteiger partial charge in [-0.2, -0.15) is 0 Å². The molecule has 0 saturated heterocycles. The van der Waals surface area contributed by atoms with Crippen LogP contribution in [0.4, 0.5) is 9.18 Å². The smallest absolute Gasteiger partial charge is 0.408 e. The Kier molecular flexibility index (Phi) is 5.68. The van der Waals surface area contributed by atoms with E-state index in [2.05, 4.69) is 5.32 Å². The molecule has 1 amide bonds. The van der Waals surface area contributed by atoms with Gasteiger partial charge in [-0.25, -0.2) is 17.6 Å². The van der Waals surface area contributed by atoms with Crippen molar-refractivity contribution in [1.82, 2.24) is 5.32 Å². The molecule has 3 rings (SSSR count). The highest BCUT2D eigenvalue weighted by Crippen LogP contribution is 2.56. The van der Waals surface area contributed by atoms with Crippen molar-refractivity contribution >= 4 is 33.8 Å². The maximum Gasteiger partial charge on any atom is 0.408 e. The molecule has 6 nitrogen and oxygen atoms in total. The van der Waals surface area contributed by atoms with Gasteiger partial charge in [0.05, 0.1) is 4.90 Å². The van der Waals surface area contributed by atoms with Gasteiger partial charge in [0.25, 0.3) is 0 Å². The molecule has 30 heavy (non-hydrogen) atoms. The topological polar surface area (TPSA) is 89.5 Å². The number of amides is 1. The summed E-state index contributed by atoms with van der Waals surface area (Å²) >= 11 is 5.85. The summed E-state index contributed by atoms with van der Waals surface area (Å²) in [5.41, 5.74) is -2.19. The zero-order chi connectivity index (χ0) is 22.3. The quantitative estimate of drug-likeness (QED) is 0.694. The van der Waals surface area contributed by atoms with Crippen molar-refractivity contribution in [2.75, 3.05) is 0 Å². The van der Waals surface area contributed by atoms with Gasteiger partial charge in [0, 0.05) is 10.9 Å². The highest BCUT2D eigenvalue weighted by molar-refractivity contribution is 7.92. The summed E-state index contributed by atoms with van der Waals surface area (Å²) in [4.78, 5) is 24.5. The molecular weight excluding hydrogens is 433 g/mol. The molecular formula is C21H21ClFNO5S. The number of ether oxygens (including phenoxy) is 1. The average Bonchev–Trinajstić information content (AvgIpc) is 3.30. The van der Waals surface area contributed by atoms with Crippen LogP contribution in [0.15, 0.2) is 53.4 Å². The van der Waals surface area contributed by atoms with Crippen LogP contribution in [0.2, 0.25) is 5.02 Å². The normalized spacial score (nSPS) is 23.5. The number of carbonyl (C=O) groups excluding carboxylic acids is 2. The van der Waals surface area contributed by atoms with Gasteiger partial charge in [0.1, 0.15) is 28.5 Å². The minimum absolute atomic E-state index is 0.0428. The van der Waals surface area contributed by atoms with Gasteiger partial charge in [-0.3, -0.25) is 0 Å². The largest absolute Gasteiger partial charge is 0.444 e. The third-order valence-corrected chi connectivity index (χ3v) is 7.31. The van der Waals surface area contributed by atoms with E-state index >= 15 is 0 Å². The van der Waals surface area contributed by atoms with Gasteiger partial charge in [-0.1, -0.05) is 23.7 Å². The first-order valence-corrected chi connectivity index (χ1v) is 11.1. The Morgan fingerprint density at radius 3 is 2.20 bits per heavy atom. The zero-order valence-corrected chi connectivity index (χ0v) is 18.1. The Morgan fingerprint density at radius 2 is 1.70 bits per heavy atom. The molecule has 2 aromatic carbocycles. The van der Waals surface area contributed by atoms with E-state index < -0.39 is 44.1 Å². The van der Waals surface area contributed by atoms with Crippen LogP contribution in [0.3, 0.4) is 0 Å². The minimum Gasteiger partial charge on any atom is -0.444 e. The third-order valence-electron chi connectivity index (χ3n) is 4.80. The molecule has 1 fully saturated rings. The Balaban J connectivity index is 2.04. The molecule has 0 aromatic heterocycles. The molecule has 0 radical (unpaired) electrons. The summed E-state index contributed by atoms with van der Waals surface area (Å²) < 4.78 is 45.3. The number of benzene rings is 2. The lowest BCUT2D eigenvalue weighted by Gasteiger charge is -2.22. The Hall–Kier alpha value is -2.45. The summed E-state index contributed by atoms with van der Waals surface area (Å²) in [6.07, 6.45) is -0.515. The maximum absolute atomic E-state index is 13.4. The summed E-state index contributed by atoms with van der Waals surface area (Å²) in [7, 11) is -4.05. The number of nitrogens with one attached hydrogen (secondary N) is 1. The van der Waals surface area contributed by atoms with Crippen LogP contribution in [0.5, 0.6) is 0 Å². The molecule has 9 heteroatoms. The van der Waals surface area contributed by atoms with Crippen molar-refractivity contribution < 1.29 is 27.1 Å². The second kappa shape index (κ2) is 7.67. The predicted octanol–water partition coefficient (Wildman–Crippen LogP) is 3.88. The van der Waals surface area contributed by atoms with Crippen molar-refractivity contribution in [1.29, 1.82) is 0 Å². The fourth-order valence-corrected chi connectivity index (χ4v) is 5.87. The fraction of sp³-hybridized carbons (Fsp3) is 0.333. The first-order valence-electron chi connectivity index (χ1n) is 9.13. The highest BCUT2D eigenvalue weighted by Gasteiger charge is 2.73. The van der Waals surface area contributed by atoms with Crippen LogP contribution in [-0.2, 0) is 19.4 Å². The summed E-state index contributed by atoms with van der Waals surface area (Å²) in [5, 5.41) is 1.51. The Morgan fingerprint density at radius 1 is 1.13 bits per heavy atom. The SMILES string of the molecule is CC(C)(C)OC(=O)N[C@]1(C=O)[C@H](c2ccc(F)cc2)[C@H]1S(=O)(=O)c1ccc(Cl)cc1. The molecule has 3 atom stereocenters. The van der Waals surface area contributed by atoms with Gasteiger partial charge in [-0.15, -0.1) is 0 Å². The third kappa shape index (κ3) is 4.20. The molecule has 1 saturated carbocycles. The van der Waals surface area contributed by atoms with E-state index in [0.29, 0.717) is 16.9 Å². The second-order valence-electron chi connectivity index (χ2n) is 8.13. The Labute approximate surface area is 179 Å². The van der Waals surface area contributed by atoms with E-state index in [1.165, 1.54) is 48.5 Å². The molecule has 2 aromatic rings. The summed E-state index contributed by atoms with van der Waals surface area (Å²) in [6, 6.07) is 10.6. The average molecular weight is 454 g/mol. The summed E-state index contributed by atoms with van der Waals surface area (Å²) in [5.74, 6) is -1.42. The number of carbonyl (C=O) groups is 2. The molecule has 1 N–H and O–H groups in total. The monoisotopic (exact) mass is 453 g/mol. The molecule has 1 aliphatic rings. The van der Waals surface area contributed by atoms with Crippen LogP contribution >= 0.6 is 11.6 Å². The number of hydrogen-bond acceptors (Lipinski definition) is 5. The molecule has 0 spiro atoms. The van der Waals surface area contributed by atoms with E-state index in [1.54, 1.807) is 20.8 Å². The van der Waals surface area contributed by atoms with Crippen molar-refractivity contribution in [3.8, 4) is 0 Å². The van der Waals surface area contributed by atoms with Crippen molar-refractivity contribution in [3.05, 3.63) is 64.9 Å². The number of sulfone groups is 1.